The average Bonchev–Trinajstić information content (AvgIpc) is 2.85. The molecule has 4 rings (SSSR count). The maximum absolute atomic E-state index is 3.69. The molecular weight excluding hydrogens is 336 g/mol. The highest BCUT2D eigenvalue weighted by Crippen LogP contribution is 2.35. The summed E-state index contributed by atoms with van der Waals surface area (Å²) in [7, 11) is 0. The van der Waals surface area contributed by atoms with Crippen LogP contribution < -0.4 is 5.32 Å². The molecule has 22 heavy (non-hydrogen) atoms. The van der Waals surface area contributed by atoms with Gasteiger partial charge in [-0.3, -0.25) is 0 Å². The molecule has 0 saturated carbocycles. The zero-order valence-corrected chi connectivity index (χ0v) is 14.4. The van der Waals surface area contributed by atoms with Crippen LogP contribution in [0.1, 0.15) is 34.0 Å². The standard InChI is InChI=1S/C19H19BrN2/c1-11-8-12(2)17-15-6-7-21-18(19(15)22-16(17)9-11)13-4-3-5-14(20)10-13/h3-5,8-10,18,21-22H,6-7H2,1-2H3. The molecule has 1 aromatic heterocycles. The molecule has 0 amide bonds. The number of hydrogen-bond donors (Lipinski definition) is 2. The Labute approximate surface area is 139 Å². The highest BCUT2D eigenvalue weighted by molar-refractivity contribution is 9.10. The van der Waals surface area contributed by atoms with E-state index in [2.05, 4.69) is 76.5 Å². The lowest BCUT2D eigenvalue weighted by Crippen LogP contribution is -2.30. The number of aromatic nitrogens is 1. The summed E-state index contributed by atoms with van der Waals surface area (Å²) in [5, 5.41) is 5.08. The van der Waals surface area contributed by atoms with Gasteiger partial charge in [0.05, 0.1) is 6.04 Å². The second-order valence-corrected chi connectivity index (χ2v) is 7.13. The molecule has 3 heteroatoms. The second-order valence-electron chi connectivity index (χ2n) is 6.21. The lowest BCUT2D eigenvalue weighted by molar-refractivity contribution is 0.560. The van der Waals surface area contributed by atoms with Crippen molar-refractivity contribution in [1.29, 1.82) is 0 Å². The van der Waals surface area contributed by atoms with Gasteiger partial charge in [0.15, 0.2) is 0 Å². The van der Waals surface area contributed by atoms with Gasteiger partial charge in [0, 0.05) is 27.6 Å². The molecule has 1 aliphatic heterocycles. The van der Waals surface area contributed by atoms with E-state index in [1.54, 1.807) is 0 Å². The predicted molar refractivity (Wildman–Crippen MR) is 95.5 cm³/mol. The van der Waals surface area contributed by atoms with Crippen LogP contribution in [0.3, 0.4) is 0 Å². The molecule has 112 valence electrons. The van der Waals surface area contributed by atoms with Crippen LogP contribution in [0, 0.1) is 13.8 Å². The van der Waals surface area contributed by atoms with E-state index in [0.717, 1.165) is 17.4 Å². The van der Waals surface area contributed by atoms with Crippen LogP contribution >= 0.6 is 15.9 Å². The minimum absolute atomic E-state index is 0.244. The van der Waals surface area contributed by atoms with Crippen LogP contribution in [0.15, 0.2) is 40.9 Å². The zero-order valence-electron chi connectivity index (χ0n) is 12.8. The van der Waals surface area contributed by atoms with Crippen molar-refractivity contribution < 1.29 is 0 Å². The van der Waals surface area contributed by atoms with Crippen molar-refractivity contribution in [1.82, 2.24) is 10.3 Å². The maximum atomic E-state index is 3.69. The number of rotatable bonds is 1. The second kappa shape index (κ2) is 5.25. The predicted octanol–water partition coefficient (Wildman–Crippen LogP) is 4.78. The minimum Gasteiger partial charge on any atom is -0.357 e. The first-order valence-electron chi connectivity index (χ1n) is 7.74. The largest absolute Gasteiger partial charge is 0.357 e. The van der Waals surface area contributed by atoms with Crippen molar-refractivity contribution in [2.45, 2.75) is 26.3 Å². The molecular formula is C19H19BrN2. The number of halogens is 1. The fourth-order valence-corrected chi connectivity index (χ4v) is 4.16. The van der Waals surface area contributed by atoms with Crippen LogP contribution in [0.5, 0.6) is 0 Å². The van der Waals surface area contributed by atoms with E-state index in [-0.39, 0.29) is 6.04 Å². The molecule has 2 aromatic carbocycles. The summed E-state index contributed by atoms with van der Waals surface area (Å²) in [5.74, 6) is 0. The quantitative estimate of drug-likeness (QED) is 0.646. The van der Waals surface area contributed by atoms with E-state index >= 15 is 0 Å². The number of benzene rings is 2. The third kappa shape index (κ3) is 2.20. The Morgan fingerprint density at radius 3 is 2.82 bits per heavy atom. The van der Waals surface area contributed by atoms with Crippen LogP contribution in [0.4, 0.5) is 0 Å². The van der Waals surface area contributed by atoms with E-state index in [9.17, 15) is 0 Å². The Balaban J connectivity index is 1.93. The summed E-state index contributed by atoms with van der Waals surface area (Å²) in [5.41, 5.74) is 8.07. The molecule has 0 spiro atoms. The van der Waals surface area contributed by atoms with E-state index < -0.39 is 0 Å². The molecule has 2 heterocycles. The van der Waals surface area contributed by atoms with Crippen LogP contribution in [-0.2, 0) is 6.42 Å². The topological polar surface area (TPSA) is 27.8 Å². The summed E-state index contributed by atoms with van der Waals surface area (Å²) in [6, 6.07) is 13.4. The molecule has 0 radical (unpaired) electrons. The maximum Gasteiger partial charge on any atom is 0.0732 e. The van der Waals surface area contributed by atoms with Crippen molar-refractivity contribution in [3.63, 3.8) is 0 Å². The number of H-pyrrole nitrogens is 1. The van der Waals surface area contributed by atoms with Crippen molar-refractivity contribution >= 4 is 26.8 Å². The SMILES string of the molecule is Cc1cc(C)c2c3c([nH]c2c1)C(c1cccc(Br)c1)NCC3. The van der Waals surface area contributed by atoms with Gasteiger partial charge < -0.3 is 10.3 Å². The lowest BCUT2D eigenvalue weighted by Gasteiger charge is -2.25. The van der Waals surface area contributed by atoms with E-state index in [1.807, 2.05) is 0 Å². The first-order chi connectivity index (χ1) is 10.6. The number of aryl methyl sites for hydroxylation is 2. The molecule has 0 fully saturated rings. The molecule has 3 aromatic rings. The van der Waals surface area contributed by atoms with Crippen LogP contribution in [0.2, 0.25) is 0 Å². The van der Waals surface area contributed by atoms with Gasteiger partial charge in [0.1, 0.15) is 0 Å². The molecule has 1 atom stereocenters. The van der Waals surface area contributed by atoms with Gasteiger partial charge >= 0.3 is 0 Å². The van der Waals surface area contributed by atoms with Gasteiger partial charge in [-0.15, -0.1) is 0 Å². The van der Waals surface area contributed by atoms with E-state index in [1.165, 1.54) is 38.9 Å². The van der Waals surface area contributed by atoms with E-state index in [0.29, 0.717) is 0 Å². The summed E-state index contributed by atoms with van der Waals surface area (Å²) < 4.78 is 1.13. The number of aromatic amines is 1. The van der Waals surface area contributed by atoms with Gasteiger partial charge in [-0.25, -0.2) is 0 Å². The van der Waals surface area contributed by atoms with Gasteiger partial charge in [0.2, 0.25) is 0 Å². The third-order valence-electron chi connectivity index (χ3n) is 4.57. The van der Waals surface area contributed by atoms with Crippen molar-refractivity contribution in [2.75, 3.05) is 6.54 Å². The average molecular weight is 355 g/mol. The summed E-state index contributed by atoms with van der Waals surface area (Å²) in [4.78, 5) is 3.69. The van der Waals surface area contributed by atoms with Gasteiger partial charge in [-0.05, 0) is 60.7 Å². The fraction of sp³-hybridized carbons (Fsp3) is 0.263. The highest BCUT2D eigenvalue weighted by Gasteiger charge is 2.25. The molecule has 0 bridgehead atoms. The molecule has 1 aliphatic rings. The molecule has 1 unspecified atom stereocenters. The van der Waals surface area contributed by atoms with Gasteiger partial charge in [-0.1, -0.05) is 34.1 Å². The number of nitrogens with one attached hydrogen (secondary N) is 2. The van der Waals surface area contributed by atoms with Crippen LogP contribution in [-0.4, -0.2) is 11.5 Å². The Bertz CT molecular complexity index is 863. The summed E-state index contributed by atoms with van der Waals surface area (Å²) in [6.45, 7) is 5.40. The van der Waals surface area contributed by atoms with Crippen molar-refractivity contribution in [3.05, 3.63) is 68.8 Å². The Morgan fingerprint density at radius 2 is 2.00 bits per heavy atom. The van der Waals surface area contributed by atoms with Gasteiger partial charge in [0.25, 0.3) is 0 Å². The van der Waals surface area contributed by atoms with Crippen molar-refractivity contribution in [2.24, 2.45) is 0 Å². The van der Waals surface area contributed by atoms with E-state index in [4.69, 9.17) is 0 Å². The minimum atomic E-state index is 0.244. The monoisotopic (exact) mass is 354 g/mol. The molecule has 2 N–H and O–H groups in total. The smallest absolute Gasteiger partial charge is 0.0732 e. The third-order valence-corrected chi connectivity index (χ3v) is 5.06. The molecule has 0 aliphatic carbocycles. The number of hydrogen-bond acceptors (Lipinski definition) is 1. The Hall–Kier alpha value is -1.58. The number of fused-ring (bicyclic) bond motifs is 3. The summed E-state index contributed by atoms with van der Waals surface area (Å²) >= 11 is 3.59. The fourth-order valence-electron chi connectivity index (χ4n) is 3.74. The molecule has 0 saturated heterocycles. The van der Waals surface area contributed by atoms with Gasteiger partial charge in [-0.2, -0.15) is 0 Å². The first-order valence-corrected chi connectivity index (χ1v) is 8.53. The first kappa shape index (κ1) is 14.0. The summed E-state index contributed by atoms with van der Waals surface area (Å²) in [6.07, 6.45) is 1.09. The normalized spacial score (nSPS) is 17.7. The van der Waals surface area contributed by atoms with Crippen molar-refractivity contribution in [3.8, 4) is 0 Å². The lowest BCUT2D eigenvalue weighted by atomic mass is 9.93. The molecule has 2 nitrogen and oxygen atoms in total. The zero-order chi connectivity index (χ0) is 15.3. The highest BCUT2D eigenvalue weighted by atomic mass is 79.9. The Kier molecular flexibility index (Phi) is 3.35. The Morgan fingerprint density at radius 1 is 1.14 bits per heavy atom. The van der Waals surface area contributed by atoms with Crippen LogP contribution in [0.25, 0.3) is 10.9 Å².